The minimum atomic E-state index is -2.69. The first-order valence-electron chi connectivity index (χ1n) is 8.05. The van der Waals surface area contributed by atoms with Crippen LogP contribution in [0.2, 0.25) is 0 Å². The number of carbonyl (C=O) groups excluding carboxylic acids is 1. The van der Waals surface area contributed by atoms with Crippen molar-refractivity contribution in [2.45, 2.75) is 24.8 Å². The van der Waals surface area contributed by atoms with Gasteiger partial charge in [-0.15, -0.1) is 0 Å². The standard InChI is InChI=1S/C17H13F2N7O/c18-17(19)3-11(4-17)25-13-2-14(22-8-12(13)15(21)27)26-16-10(7-24-26)1-9(5-20)6-23-16/h1-2,6-8,11H,3-4H2,(H2,21,27)(H,22,25). The summed E-state index contributed by atoms with van der Waals surface area (Å²) < 4.78 is 27.6. The third-order valence-electron chi connectivity index (χ3n) is 4.36. The van der Waals surface area contributed by atoms with Crippen molar-refractivity contribution < 1.29 is 13.6 Å². The van der Waals surface area contributed by atoms with Crippen LogP contribution < -0.4 is 11.1 Å². The van der Waals surface area contributed by atoms with Crippen LogP contribution in [0.5, 0.6) is 0 Å². The Morgan fingerprint density at radius 3 is 2.74 bits per heavy atom. The molecular formula is C17H13F2N7O. The van der Waals surface area contributed by atoms with Gasteiger partial charge in [-0.05, 0) is 6.07 Å². The Bertz CT molecular complexity index is 1090. The Kier molecular flexibility index (Phi) is 3.73. The van der Waals surface area contributed by atoms with E-state index in [9.17, 15) is 13.6 Å². The molecule has 1 fully saturated rings. The zero-order valence-corrected chi connectivity index (χ0v) is 13.9. The van der Waals surface area contributed by atoms with Crippen LogP contribution in [0.15, 0.2) is 30.7 Å². The Morgan fingerprint density at radius 1 is 1.30 bits per heavy atom. The number of pyridine rings is 2. The first kappa shape index (κ1) is 16.8. The fourth-order valence-electron chi connectivity index (χ4n) is 3.01. The molecule has 0 aromatic carbocycles. The van der Waals surface area contributed by atoms with Gasteiger partial charge in [0.1, 0.15) is 6.07 Å². The summed E-state index contributed by atoms with van der Waals surface area (Å²) in [6, 6.07) is 4.70. The average molecular weight is 369 g/mol. The van der Waals surface area contributed by atoms with E-state index in [4.69, 9.17) is 11.0 Å². The van der Waals surface area contributed by atoms with Gasteiger partial charge in [0, 0.05) is 42.7 Å². The second kappa shape index (κ2) is 5.98. The number of halogens is 2. The Balaban J connectivity index is 1.73. The van der Waals surface area contributed by atoms with Crippen molar-refractivity contribution >= 4 is 22.6 Å². The molecule has 1 aliphatic carbocycles. The highest BCUT2D eigenvalue weighted by Crippen LogP contribution is 2.39. The molecule has 8 nitrogen and oxygen atoms in total. The van der Waals surface area contributed by atoms with Crippen molar-refractivity contribution in [2.75, 3.05) is 5.32 Å². The fourth-order valence-corrected chi connectivity index (χ4v) is 3.01. The van der Waals surface area contributed by atoms with E-state index < -0.39 is 17.9 Å². The maximum Gasteiger partial charge on any atom is 0.252 e. The average Bonchev–Trinajstić information content (AvgIpc) is 3.02. The molecule has 0 bridgehead atoms. The number of rotatable bonds is 4. The molecule has 136 valence electrons. The first-order valence-corrected chi connectivity index (χ1v) is 8.05. The molecule has 0 spiro atoms. The molecule has 1 aliphatic rings. The van der Waals surface area contributed by atoms with E-state index in [0.717, 1.165) is 0 Å². The van der Waals surface area contributed by atoms with E-state index in [1.54, 1.807) is 6.07 Å². The van der Waals surface area contributed by atoms with Gasteiger partial charge < -0.3 is 11.1 Å². The van der Waals surface area contributed by atoms with E-state index in [1.807, 2.05) is 6.07 Å². The summed E-state index contributed by atoms with van der Waals surface area (Å²) in [6.07, 6.45) is 3.59. The van der Waals surface area contributed by atoms with Crippen LogP contribution in [-0.4, -0.2) is 37.6 Å². The smallest absolute Gasteiger partial charge is 0.252 e. The van der Waals surface area contributed by atoms with Gasteiger partial charge in [0.15, 0.2) is 11.5 Å². The maximum absolute atomic E-state index is 13.1. The molecule has 10 heteroatoms. The summed E-state index contributed by atoms with van der Waals surface area (Å²) in [5.74, 6) is -3.08. The number of nitriles is 1. The molecule has 1 amide bonds. The SMILES string of the molecule is N#Cc1cnc2c(cnn2-c2cc(NC3CC(F)(F)C3)c(C(N)=O)cn2)c1. The topological polar surface area (TPSA) is 123 Å². The Labute approximate surface area is 151 Å². The first-order chi connectivity index (χ1) is 12.9. The lowest BCUT2D eigenvalue weighted by Crippen LogP contribution is -2.44. The number of hydrogen-bond acceptors (Lipinski definition) is 6. The van der Waals surface area contributed by atoms with Crippen LogP contribution in [0.25, 0.3) is 16.9 Å². The van der Waals surface area contributed by atoms with E-state index in [0.29, 0.717) is 28.1 Å². The van der Waals surface area contributed by atoms with Crippen molar-refractivity contribution in [2.24, 2.45) is 5.73 Å². The number of anilines is 1. The highest BCUT2D eigenvalue weighted by Gasteiger charge is 2.45. The third kappa shape index (κ3) is 3.03. The molecule has 0 atom stereocenters. The number of fused-ring (bicyclic) bond motifs is 1. The normalized spacial score (nSPS) is 15.9. The van der Waals surface area contributed by atoms with Crippen molar-refractivity contribution in [3.8, 4) is 11.9 Å². The van der Waals surface area contributed by atoms with Crippen LogP contribution >= 0.6 is 0 Å². The van der Waals surface area contributed by atoms with Crippen molar-refractivity contribution in [3.63, 3.8) is 0 Å². The van der Waals surface area contributed by atoms with E-state index >= 15 is 0 Å². The van der Waals surface area contributed by atoms with Crippen LogP contribution in [0.1, 0.15) is 28.8 Å². The molecule has 0 unspecified atom stereocenters. The largest absolute Gasteiger partial charge is 0.381 e. The number of aromatic nitrogens is 4. The molecule has 3 heterocycles. The summed E-state index contributed by atoms with van der Waals surface area (Å²) >= 11 is 0. The molecule has 3 aromatic heterocycles. The molecular weight excluding hydrogens is 356 g/mol. The third-order valence-corrected chi connectivity index (χ3v) is 4.36. The number of nitrogens with zero attached hydrogens (tertiary/aromatic N) is 5. The van der Waals surface area contributed by atoms with Gasteiger partial charge >= 0.3 is 0 Å². The lowest BCUT2D eigenvalue weighted by molar-refractivity contribution is -0.0793. The zero-order chi connectivity index (χ0) is 19.2. The van der Waals surface area contributed by atoms with Gasteiger partial charge in [0.05, 0.1) is 23.0 Å². The molecule has 3 N–H and O–H groups in total. The van der Waals surface area contributed by atoms with E-state index in [1.165, 1.54) is 29.3 Å². The molecule has 0 aliphatic heterocycles. The highest BCUT2D eigenvalue weighted by molar-refractivity contribution is 5.98. The van der Waals surface area contributed by atoms with Gasteiger partial charge in [0.2, 0.25) is 0 Å². The summed E-state index contributed by atoms with van der Waals surface area (Å²) in [5, 5.41) is 16.7. The number of hydrogen-bond donors (Lipinski definition) is 2. The van der Waals surface area contributed by atoms with Gasteiger partial charge in [-0.2, -0.15) is 15.0 Å². The number of primary amides is 1. The number of amides is 1. The summed E-state index contributed by atoms with van der Waals surface area (Å²) in [6.45, 7) is 0. The number of alkyl halides is 2. The van der Waals surface area contributed by atoms with Gasteiger partial charge in [-0.1, -0.05) is 0 Å². The molecule has 1 saturated carbocycles. The molecule has 27 heavy (non-hydrogen) atoms. The zero-order valence-electron chi connectivity index (χ0n) is 13.9. The monoisotopic (exact) mass is 369 g/mol. The van der Waals surface area contributed by atoms with Gasteiger partial charge in [0.25, 0.3) is 11.8 Å². The van der Waals surface area contributed by atoms with Crippen molar-refractivity contribution in [3.05, 3.63) is 41.9 Å². The minimum Gasteiger partial charge on any atom is -0.381 e. The van der Waals surface area contributed by atoms with Crippen LogP contribution in [-0.2, 0) is 0 Å². The van der Waals surface area contributed by atoms with E-state index in [-0.39, 0.29) is 18.4 Å². The lowest BCUT2D eigenvalue weighted by atomic mass is 9.88. The molecule has 0 radical (unpaired) electrons. The van der Waals surface area contributed by atoms with E-state index in [2.05, 4.69) is 20.4 Å². The number of carbonyl (C=O) groups is 1. The Morgan fingerprint density at radius 2 is 2.07 bits per heavy atom. The van der Waals surface area contributed by atoms with Gasteiger partial charge in [-0.3, -0.25) is 4.79 Å². The summed E-state index contributed by atoms with van der Waals surface area (Å²) in [7, 11) is 0. The fraction of sp³-hybridized carbons (Fsp3) is 0.235. The lowest BCUT2D eigenvalue weighted by Gasteiger charge is -2.36. The molecule has 4 rings (SSSR count). The van der Waals surface area contributed by atoms with Gasteiger partial charge in [-0.25, -0.2) is 18.7 Å². The van der Waals surface area contributed by atoms with Crippen molar-refractivity contribution in [1.29, 1.82) is 5.26 Å². The number of nitrogens with one attached hydrogen (secondary N) is 1. The van der Waals surface area contributed by atoms with Crippen LogP contribution in [0.4, 0.5) is 14.5 Å². The van der Waals surface area contributed by atoms with Crippen LogP contribution in [0, 0.1) is 11.3 Å². The maximum atomic E-state index is 13.1. The second-order valence-electron chi connectivity index (χ2n) is 6.36. The minimum absolute atomic E-state index is 0.102. The van der Waals surface area contributed by atoms with Crippen molar-refractivity contribution in [1.82, 2.24) is 19.7 Å². The Hall–Kier alpha value is -3.61. The molecule has 0 saturated heterocycles. The highest BCUT2D eigenvalue weighted by atomic mass is 19.3. The quantitative estimate of drug-likeness (QED) is 0.725. The van der Waals surface area contributed by atoms with Crippen LogP contribution in [0.3, 0.4) is 0 Å². The predicted molar refractivity (Wildman–Crippen MR) is 91.5 cm³/mol. The predicted octanol–water partition coefficient (Wildman–Crippen LogP) is 2.00. The summed E-state index contributed by atoms with van der Waals surface area (Å²) in [4.78, 5) is 20.0. The summed E-state index contributed by atoms with van der Waals surface area (Å²) in [5.41, 5.74) is 6.64. The number of nitrogens with two attached hydrogens (primary N) is 1. The second-order valence-corrected chi connectivity index (χ2v) is 6.36. The molecule has 3 aromatic rings.